The van der Waals surface area contributed by atoms with Crippen LogP contribution in [0, 0.1) is 18.6 Å². The van der Waals surface area contributed by atoms with Gasteiger partial charge in [0.15, 0.2) is 23.2 Å². The molecule has 1 aromatic carbocycles. The summed E-state index contributed by atoms with van der Waals surface area (Å²) in [5, 5.41) is 19.8. The van der Waals surface area contributed by atoms with Gasteiger partial charge in [-0.3, -0.25) is 5.10 Å². The van der Waals surface area contributed by atoms with Gasteiger partial charge in [-0.05, 0) is 26.0 Å². The molecule has 1 aliphatic heterocycles. The first-order valence-electron chi connectivity index (χ1n) is 10.3. The average molecular weight is 453 g/mol. The fourth-order valence-electron chi connectivity index (χ4n) is 3.63. The number of aryl methyl sites for hydroxylation is 1. The molecule has 4 aromatic rings. The third kappa shape index (κ3) is 4.10. The number of aromatic nitrogens is 5. The van der Waals surface area contributed by atoms with Gasteiger partial charge in [-0.2, -0.15) is 15.1 Å². The summed E-state index contributed by atoms with van der Waals surface area (Å²) in [7, 11) is 0. The van der Waals surface area contributed by atoms with Gasteiger partial charge in [-0.15, -0.1) is 0 Å². The Hall–Kier alpha value is -3.99. The summed E-state index contributed by atoms with van der Waals surface area (Å²) in [5.41, 5.74) is 1.49. The molecule has 0 radical (unpaired) electrons. The molecule has 9 nitrogen and oxygen atoms in total. The molecule has 0 saturated carbocycles. The van der Waals surface area contributed by atoms with E-state index < -0.39 is 17.7 Å². The van der Waals surface area contributed by atoms with Crippen molar-refractivity contribution in [2.75, 3.05) is 23.3 Å². The fourth-order valence-corrected chi connectivity index (χ4v) is 3.63. The highest BCUT2D eigenvalue weighted by atomic mass is 19.1. The van der Waals surface area contributed by atoms with E-state index in [9.17, 15) is 9.50 Å². The Kier molecular flexibility index (Phi) is 5.17. The van der Waals surface area contributed by atoms with Crippen molar-refractivity contribution in [2.24, 2.45) is 0 Å². The number of β-amino-alcohol motifs (C(OH)–C–C–N with tert-alkyl or cyclic N) is 1. The lowest BCUT2D eigenvalue weighted by atomic mass is 10.2. The molecular weight excluding hydrogens is 432 g/mol. The van der Waals surface area contributed by atoms with Gasteiger partial charge in [0, 0.05) is 42.4 Å². The molecular formula is C22H21F2N7O2. The number of nitrogens with zero attached hydrogens (tertiary/aromatic N) is 4. The number of ether oxygens (including phenoxy) is 1. The number of hydrogen-bond donors (Lipinski definition) is 4. The second kappa shape index (κ2) is 8.17. The Labute approximate surface area is 187 Å². The van der Waals surface area contributed by atoms with Gasteiger partial charge in [0.25, 0.3) is 0 Å². The van der Waals surface area contributed by atoms with Crippen LogP contribution in [-0.2, 0) is 0 Å². The first kappa shape index (κ1) is 20.9. The van der Waals surface area contributed by atoms with Crippen LogP contribution in [0.2, 0.25) is 0 Å². The minimum absolute atomic E-state index is 0.0689. The van der Waals surface area contributed by atoms with Gasteiger partial charge in [0.05, 0.1) is 17.3 Å². The van der Waals surface area contributed by atoms with Gasteiger partial charge in [0.1, 0.15) is 11.6 Å². The number of nitrogens with one attached hydrogen (secondary N) is 3. The van der Waals surface area contributed by atoms with Gasteiger partial charge >= 0.3 is 6.01 Å². The molecule has 3 aromatic heterocycles. The molecule has 4 N–H and O–H groups in total. The van der Waals surface area contributed by atoms with Gasteiger partial charge in [-0.25, -0.2) is 8.78 Å². The SMILES string of the molecule is C/C=C/c1cc(Nc2cc(N3CC(O)C3)nc(Oc3cc(F)c4[nH]c(C)cc4c3F)n2)n[nH]1. The van der Waals surface area contributed by atoms with Crippen molar-refractivity contribution in [3.63, 3.8) is 0 Å². The number of aliphatic hydroxyl groups excluding tert-OH is 1. The van der Waals surface area contributed by atoms with Crippen molar-refractivity contribution >= 4 is 34.4 Å². The van der Waals surface area contributed by atoms with Gasteiger partial charge in [0.2, 0.25) is 0 Å². The van der Waals surface area contributed by atoms with E-state index in [0.29, 0.717) is 36.2 Å². The highest BCUT2D eigenvalue weighted by Gasteiger charge is 2.27. The molecule has 0 bridgehead atoms. The topological polar surface area (TPSA) is 115 Å². The molecule has 170 valence electrons. The van der Waals surface area contributed by atoms with E-state index in [1.807, 2.05) is 24.0 Å². The minimum Gasteiger partial charge on any atom is -0.421 e. The van der Waals surface area contributed by atoms with E-state index >= 15 is 4.39 Å². The zero-order chi connectivity index (χ0) is 23.1. The van der Waals surface area contributed by atoms with Crippen LogP contribution in [-0.4, -0.2) is 49.4 Å². The van der Waals surface area contributed by atoms with Crippen LogP contribution in [0.4, 0.5) is 26.2 Å². The van der Waals surface area contributed by atoms with Crippen LogP contribution >= 0.6 is 0 Å². The van der Waals surface area contributed by atoms with E-state index in [0.717, 1.165) is 11.8 Å². The molecule has 0 unspecified atom stereocenters. The van der Waals surface area contributed by atoms with Gasteiger partial charge < -0.3 is 25.0 Å². The Bertz CT molecular complexity index is 1360. The maximum Gasteiger partial charge on any atom is 0.326 e. The Morgan fingerprint density at radius 3 is 2.76 bits per heavy atom. The van der Waals surface area contributed by atoms with Crippen LogP contribution in [0.3, 0.4) is 0 Å². The monoisotopic (exact) mass is 453 g/mol. The molecule has 1 aliphatic rings. The molecule has 5 rings (SSSR count). The summed E-state index contributed by atoms with van der Waals surface area (Å²) in [6.07, 6.45) is 3.27. The van der Waals surface area contributed by atoms with E-state index in [4.69, 9.17) is 4.74 Å². The number of aromatic amines is 2. The van der Waals surface area contributed by atoms with Crippen LogP contribution < -0.4 is 15.0 Å². The number of aliphatic hydroxyl groups is 1. The number of benzene rings is 1. The van der Waals surface area contributed by atoms with E-state index in [-0.39, 0.29) is 22.7 Å². The lowest BCUT2D eigenvalue weighted by Gasteiger charge is -2.36. The smallest absolute Gasteiger partial charge is 0.326 e. The Morgan fingerprint density at radius 2 is 2.00 bits per heavy atom. The van der Waals surface area contributed by atoms with Crippen molar-refractivity contribution in [1.29, 1.82) is 0 Å². The van der Waals surface area contributed by atoms with Crippen LogP contribution in [0.15, 0.2) is 30.3 Å². The highest BCUT2D eigenvalue weighted by Crippen LogP contribution is 2.33. The second-order valence-corrected chi connectivity index (χ2v) is 7.80. The lowest BCUT2D eigenvalue weighted by molar-refractivity contribution is 0.141. The summed E-state index contributed by atoms with van der Waals surface area (Å²) in [6, 6.07) is 5.74. The molecule has 0 amide bonds. The first-order valence-corrected chi connectivity index (χ1v) is 10.3. The maximum atomic E-state index is 15.0. The minimum atomic E-state index is -0.720. The summed E-state index contributed by atoms with van der Waals surface area (Å²) in [4.78, 5) is 13.2. The molecule has 0 spiro atoms. The molecule has 4 heterocycles. The van der Waals surface area contributed by atoms with E-state index in [1.54, 1.807) is 19.1 Å². The second-order valence-electron chi connectivity index (χ2n) is 7.80. The average Bonchev–Trinajstić information content (AvgIpc) is 3.36. The zero-order valence-corrected chi connectivity index (χ0v) is 17.9. The summed E-state index contributed by atoms with van der Waals surface area (Å²) in [6.45, 7) is 4.38. The van der Waals surface area contributed by atoms with Crippen molar-refractivity contribution < 1.29 is 18.6 Å². The molecule has 11 heteroatoms. The fraction of sp³-hybridized carbons (Fsp3) is 0.227. The third-order valence-electron chi connectivity index (χ3n) is 5.18. The molecule has 1 fully saturated rings. The highest BCUT2D eigenvalue weighted by molar-refractivity contribution is 5.83. The summed E-state index contributed by atoms with van der Waals surface area (Å²) in [5.74, 6) is -0.389. The number of fused-ring (bicyclic) bond motifs is 1. The summed E-state index contributed by atoms with van der Waals surface area (Å²) < 4.78 is 35.1. The molecule has 0 aliphatic carbocycles. The lowest BCUT2D eigenvalue weighted by Crippen LogP contribution is -2.51. The maximum absolute atomic E-state index is 15.0. The van der Waals surface area contributed by atoms with Crippen molar-refractivity contribution in [1.82, 2.24) is 25.1 Å². The van der Waals surface area contributed by atoms with Crippen molar-refractivity contribution in [2.45, 2.75) is 20.0 Å². The number of rotatable bonds is 6. The van der Waals surface area contributed by atoms with E-state index in [1.165, 1.54) is 6.07 Å². The molecule has 33 heavy (non-hydrogen) atoms. The van der Waals surface area contributed by atoms with Gasteiger partial charge in [-0.1, -0.05) is 6.08 Å². The Morgan fingerprint density at radius 1 is 1.18 bits per heavy atom. The standard InChI is InChI=1S/C22H21F2N7O2/c1-3-4-12-6-18(30-29-12)26-17-8-19(31-9-13(32)10-31)28-22(27-17)33-16-7-15(23)21-14(20(16)24)5-11(2)25-21/h3-8,13,25,32H,9-10H2,1-2H3,(H2,26,27,28,29,30)/b4-3+. The molecule has 0 atom stereocenters. The first-order chi connectivity index (χ1) is 15.9. The van der Waals surface area contributed by atoms with Crippen LogP contribution in [0.1, 0.15) is 18.3 Å². The normalized spacial score (nSPS) is 14.3. The predicted octanol–water partition coefficient (Wildman–Crippen LogP) is 4.02. The number of H-pyrrole nitrogens is 2. The zero-order valence-electron chi connectivity index (χ0n) is 17.9. The van der Waals surface area contributed by atoms with Crippen LogP contribution in [0.5, 0.6) is 11.8 Å². The number of allylic oxidation sites excluding steroid dienone is 1. The predicted molar refractivity (Wildman–Crippen MR) is 120 cm³/mol. The van der Waals surface area contributed by atoms with Crippen molar-refractivity contribution in [3.05, 3.63) is 53.4 Å². The quantitative estimate of drug-likeness (QED) is 0.349. The number of halogens is 2. The van der Waals surface area contributed by atoms with Crippen LogP contribution in [0.25, 0.3) is 17.0 Å². The molecule has 1 saturated heterocycles. The number of hydrogen-bond acceptors (Lipinski definition) is 7. The Balaban J connectivity index is 1.49. The van der Waals surface area contributed by atoms with E-state index in [2.05, 4.69) is 30.5 Å². The summed E-state index contributed by atoms with van der Waals surface area (Å²) >= 11 is 0. The largest absolute Gasteiger partial charge is 0.421 e. The number of anilines is 3. The van der Waals surface area contributed by atoms with Crippen molar-refractivity contribution in [3.8, 4) is 11.8 Å². The third-order valence-corrected chi connectivity index (χ3v) is 5.18.